The average molecular weight is 279 g/mol. The Labute approximate surface area is 108 Å². The molecule has 1 heterocycles. The Morgan fingerprint density at radius 1 is 1.32 bits per heavy atom. The predicted molar refractivity (Wildman–Crippen MR) is 59.3 cm³/mol. The van der Waals surface area contributed by atoms with Gasteiger partial charge in [-0.1, -0.05) is 0 Å². The van der Waals surface area contributed by atoms with Gasteiger partial charge in [0.25, 0.3) is 0 Å². The van der Waals surface area contributed by atoms with Crippen molar-refractivity contribution in [3.05, 3.63) is 0 Å². The number of carbonyl (C=O) groups excluding carboxylic acids is 1. The van der Waals surface area contributed by atoms with Crippen LogP contribution < -0.4 is 0 Å². The fourth-order valence-corrected chi connectivity index (χ4v) is 3.25. The zero-order valence-corrected chi connectivity index (χ0v) is 10.4. The molecule has 0 bridgehead atoms. The predicted octanol–water partition coefficient (Wildman–Crippen LogP) is 2.18. The van der Waals surface area contributed by atoms with Crippen LogP contribution in [0.3, 0.4) is 0 Å². The van der Waals surface area contributed by atoms with Gasteiger partial charge in [0.05, 0.1) is 0 Å². The van der Waals surface area contributed by atoms with Crippen LogP contribution >= 0.6 is 0 Å². The normalized spacial score (nSPS) is 26.1. The number of hydrogen-bond donors (Lipinski definition) is 1. The molecule has 4 nitrogen and oxygen atoms in total. The van der Waals surface area contributed by atoms with Gasteiger partial charge < -0.3 is 10.0 Å². The molecule has 1 unspecified atom stereocenters. The van der Waals surface area contributed by atoms with Crippen LogP contribution in [-0.2, 0) is 9.59 Å². The third-order valence-corrected chi connectivity index (χ3v) is 4.24. The van der Waals surface area contributed by atoms with E-state index in [4.69, 9.17) is 5.11 Å². The second-order valence-electron chi connectivity index (χ2n) is 5.49. The number of alkyl halides is 3. The summed E-state index contributed by atoms with van der Waals surface area (Å²) in [5.41, 5.74) is -0.745. The second-order valence-corrected chi connectivity index (χ2v) is 5.49. The molecular weight excluding hydrogens is 263 g/mol. The summed E-state index contributed by atoms with van der Waals surface area (Å²) in [6, 6.07) is 0. The van der Waals surface area contributed by atoms with Gasteiger partial charge in [-0.2, -0.15) is 13.2 Å². The maximum Gasteiger partial charge on any atom is 0.471 e. The highest BCUT2D eigenvalue weighted by atomic mass is 19.4. The standard InChI is InChI=1S/C12H16F3NO3/c13-12(14,15)10(19)16-5-2-8(6-9(17)18)7-11(16)3-1-4-11/h8H,1-7H2,(H,17,18). The summed E-state index contributed by atoms with van der Waals surface area (Å²) in [4.78, 5) is 23.1. The van der Waals surface area contributed by atoms with E-state index in [1.807, 2.05) is 0 Å². The molecule has 0 aromatic heterocycles. The van der Waals surface area contributed by atoms with Gasteiger partial charge in [0.2, 0.25) is 0 Å². The van der Waals surface area contributed by atoms with E-state index < -0.39 is 23.6 Å². The van der Waals surface area contributed by atoms with Crippen LogP contribution in [0.15, 0.2) is 0 Å². The maximum absolute atomic E-state index is 12.6. The van der Waals surface area contributed by atoms with E-state index in [0.29, 0.717) is 25.7 Å². The van der Waals surface area contributed by atoms with Gasteiger partial charge in [0.1, 0.15) is 0 Å². The highest BCUT2D eigenvalue weighted by molar-refractivity contribution is 5.83. The molecule has 1 aliphatic carbocycles. The number of likely N-dealkylation sites (tertiary alicyclic amines) is 1. The molecular formula is C12H16F3NO3. The van der Waals surface area contributed by atoms with Crippen LogP contribution in [0, 0.1) is 5.92 Å². The van der Waals surface area contributed by atoms with Gasteiger partial charge in [-0.3, -0.25) is 9.59 Å². The molecule has 1 spiro atoms. The minimum absolute atomic E-state index is 0.0102. The number of aliphatic carboxylic acids is 1. The molecule has 1 N–H and O–H groups in total. The van der Waals surface area contributed by atoms with Crippen LogP contribution in [0.1, 0.15) is 38.5 Å². The van der Waals surface area contributed by atoms with E-state index in [1.165, 1.54) is 0 Å². The van der Waals surface area contributed by atoms with E-state index in [-0.39, 0.29) is 18.9 Å². The van der Waals surface area contributed by atoms with Gasteiger partial charge in [0, 0.05) is 18.5 Å². The maximum atomic E-state index is 12.6. The van der Waals surface area contributed by atoms with Crippen LogP contribution in [0.2, 0.25) is 0 Å². The lowest BCUT2D eigenvalue weighted by Crippen LogP contribution is -2.62. The van der Waals surface area contributed by atoms with Crippen molar-refractivity contribution in [1.82, 2.24) is 4.90 Å². The third-order valence-electron chi connectivity index (χ3n) is 4.24. The Hall–Kier alpha value is -1.27. The van der Waals surface area contributed by atoms with E-state index >= 15 is 0 Å². The molecule has 1 aliphatic heterocycles. The molecule has 2 rings (SSSR count). The monoisotopic (exact) mass is 279 g/mol. The summed E-state index contributed by atoms with van der Waals surface area (Å²) in [5, 5.41) is 8.77. The molecule has 2 aliphatic rings. The molecule has 7 heteroatoms. The van der Waals surface area contributed by atoms with Crippen molar-refractivity contribution in [2.45, 2.75) is 50.2 Å². The number of rotatable bonds is 2. The van der Waals surface area contributed by atoms with E-state index in [1.54, 1.807) is 0 Å². The lowest BCUT2D eigenvalue weighted by atomic mass is 9.66. The van der Waals surface area contributed by atoms with Gasteiger partial charge >= 0.3 is 18.1 Å². The number of hydrogen-bond acceptors (Lipinski definition) is 2. The summed E-state index contributed by atoms with van der Waals surface area (Å²) in [6.45, 7) is 0.0102. The number of amides is 1. The first-order chi connectivity index (χ1) is 8.74. The summed E-state index contributed by atoms with van der Waals surface area (Å²) < 4.78 is 37.7. The SMILES string of the molecule is O=C(O)CC1CCN(C(=O)C(F)(F)F)C2(CCC2)C1. The molecule has 1 saturated carbocycles. The Morgan fingerprint density at radius 3 is 2.37 bits per heavy atom. The van der Waals surface area contributed by atoms with E-state index in [9.17, 15) is 22.8 Å². The summed E-state index contributed by atoms with van der Waals surface area (Å²) >= 11 is 0. The van der Waals surface area contributed by atoms with Crippen molar-refractivity contribution < 1.29 is 27.9 Å². The lowest BCUT2D eigenvalue weighted by Gasteiger charge is -2.55. The highest BCUT2D eigenvalue weighted by Gasteiger charge is 2.54. The Morgan fingerprint density at radius 2 is 1.95 bits per heavy atom. The van der Waals surface area contributed by atoms with E-state index in [2.05, 4.69) is 0 Å². The van der Waals surface area contributed by atoms with Gasteiger partial charge in [-0.15, -0.1) is 0 Å². The van der Waals surface area contributed by atoms with Gasteiger partial charge in [0.15, 0.2) is 0 Å². The lowest BCUT2D eigenvalue weighted by molar-refractivity contribution is -0.199. The Kier molecular flexibility index (Phi) is 3.49. The zero-order valence-electron chi connectivity index (χ0n) is 10.4. The quantitative estimate of drug-likeness (QED) is 0.843. The molecule has 0 aromatic rings. The van der Waals surface area contributed by atoms with Crippen molar-refractivity contribution in [3.8, 4) is 0 Å². The van der Waals surface area contributed by atoms with Crippen molar-refractivity contribution >= 4 is 11.9 Å². The summed E-state index contributed by atoms with van der Waals surface area (Å²) in [7, 11) is 0. The fraction of sp³-hybridized carbons (Fsp3) is 0.833. The smallest absolute Gasteiger partial charge is 0.471 e. The largest absolute Gasteiger partial charge is 0.481 e. The molecule has 1 amide bonds. The number of halogens is 3. The first-order valence-corrected chi connectivity index (χ1v) is 6.35. The van der Waals surface area contributed by atoms with Gasteiger partial charge in [-0.25, -0.2) is 0 Å². The minimum Gasteiger partial charge on any atom is -0.481 e. The van der Waals surface area contributed by atoms with Crippen molar-refractivity contribution in [1.29, 1.82) is 0 Å². The fourth-order valence-electron chi connectivity index (χ4n) is 3.25. The van der Waals surface area contributed by atoms with Crippen LogP contribution in [0.4, 0.5) is 13.2 Å². The topological polar surface area (TPSA) is 57.6 Å². The highest BCUT2D eigenvalue weighted by Crippen LogP contribution is 2.48. The molecule has 0 aromatic carbocycles. The van der Waals surface area contributed by atoms with Crippen LogP contribution in [0.5, 0.6) is 0 Å². The van der Waals surface area contributed by atoms with Crippen molar-refractivity contribution in [3.63, 3.8) is 0 Å². The molecule has 108 valence electrons. The summed E-state index contributed by atoms with van der Waals surface area (Å²) in [5.74, 6) is -2.84. The van der Waals surface area contributed by atoms with E-state index in [0.717, 1.165) is 11.3 Å². The Balaban J connectivity index is 2.11. The van der Waals surface area contributed by atoms with Crippen molar-refractivity contribution in [2.24, 2.45) is 5.92 Å². The average Bonchev–Trinajstić information content (AvgIpc) is 2.23. The molecule has 0 radical (unpaired) electrons. The van der Waals surface area contributed by atoms with Crippen LogP contribution in [0.25, 0.3) is 0 Å². The molecule has 19 heavy (non-hydrogen) atoms. The first-order valence-electron chi connectivity index (χ1n) is 6.35. The zero-order chi connectivity index (χ0) is 14.3. The third kappa shape index (κ3) is 2.69. The molecule has 1 atom stereocenters. The number of nitrogens with zero attached hydrogens (tertiary/aromatic N) is 1. The first kappa shape index (κ1) is 14.1. The number of piperidine rings is 1. The molecule has 2 fully saturated rings. The number of carboxylic acids is 1. The second kappa shape index (κ2) is 4.68. The van der Waals surface area contributed by atoms with Crippen LogP contribution in [-0.4, -0.2) is 40.1 Å². The summed E-state index contributed by atoms with van der Waals surface area (Å²) in [6.07, 6.45) is -2.29. The minimum atomic E-state index is -4.85. The number of carboxylic acid groups (broad SMARTS) is 1. The van der Waals surface area contributed by atoms with Gasteiger partial charge in [-0.05, 0) is 38.0 Å². The molecule has 1 saturated heterocycles. The number of carbonyl (C=O) groups is 2. The Bertz CT molecular complexity index is 390. The van der Waals surface area contributed by atoms with Crippen molar-refractivity contribution in [2.75, 3.05) is 6.54 Å².